The van der Waals surface area contributed by atoms with Gasteiger partial charge in [0.2, 0.25) is 5.95 Å². The first kappa shape index (κ1) is 31.6. The largest absolute Gasteiger partial charge is 0.487 e. The lowest BCUT2D eigenvalue weighted by atomic mass is 9.90. The van der Waals surface area contributed by atoms with Gasteiger partial charge in [-0.15, -0.1) is 10.2 Å². The monoisotopic (exact) mass is 670 g/mol. The molecule has 0 spiro atoms. The average molecular weight is 671 g/mol. The molecule has 3 aromatic heterocycles. The van der Waals surface area contributed by atoms with Gasteiger partial charge in [-0.25, -0.2) is 23.4 Å². The molecule has 4 aromatic rings. The Morgan fingerprint density at radius 2 is 1.83 bits per heavy atom. The second-order valence-corrected chi connectivity index (χ2v) is 12.8. The number of rotatable bonds is 12. The maximum atomic E-state index is 13.6. The first-order valence-corrected chi connectivity index (χ1v) is 16.4. The SMILES string of the molecule is CC(Cn1cnnn1)Oc1cc(-c2cnc(Nc3cn([C@H]4CC[C@H](N5CCOCC5)CC4)nc3OC[C@@H]3CC3(F)F)nc2)ccc1Cl. The number of hydrogen-bond acceptors (Lipinski definition) is 11. The second kappa shape index (κ2) is 13.6. The van der Waals surface area contributed by atoms with E-state index in [4.69, 9.17) is 30.9 Å². The highest BCUT2D eigenvalue weighted by Crippen LogP contribution is 2.49. The van der Waals surface area contributed by atoms with Gasteiger partial charge in [-0.1, -0.05) is 17.7 Å². The smallest absolute Gasteiger partial charge is 0.256 e. The standard InChI is InChI=1S/C31H37ClF2N10O3/c1-20(16-43-19-37-40-41-43)47-28-12-21(2-7-26(28)32)22-14-35-30(36-15-22)38-27-17-44(39-29(27)46-18-23-13-31(23,33)34)25-5-3-24(4-6-25)42-8-10-45-11-9-42/h2,7,12,14-15,17,19-20,23-25H,3-6,8-11,13,16,18H2,1H3,(H,35,36,38)/t20?,23-,24-,25-/m0/s1. The molecule has 1 aromatic carbocycles. The van der Waals surface area contributed by atoms with Gasteiger partial charge < -0.3 is 19.5 Å². The van der Waals surface area contributed by atoms with E-state index in [1.54, 1.807) is 23.1 Å². The van der Waals surface area contributed by atoms with Gasteiger partial charge in [0, 0.05) is 43.5 Å². The molecular weight excluding hydrogens is 634 g/mol. The summed E-state index contributed by atoms with van der Waals surface area (Å²) in [7, 11) is 0. The van der Waals surface area contributed by atoms with E-state index in [0.717, 1.165) is 63.1 Å². The number of aromatic nitrogens is 8. The van der Waals surface area contributed by atoms with Gasteiger partial charge in [0.25, 0.3) is 11.8 Å². The zero-order chi connectivity index (χ0) is 32.4. The lowest BCUT2D eigenvalue weighted by Gasteiger charge is -2.38. The molecule has 1 unspecified atom stereocenters. The van der Waals surface area contributed by atoms with Crippen LogP contribution in [0.15, 0.2) is 43.1 Å². The van der Waals surface area contributed by atoms with Gasteiger partial charge in [-0.3, -0.25) is 9.58 Å². The molecule has 2 aliphatic carbocycles. The number of anilines is 2. The quantitative estimate of drug-likeness (QED) is 0.218. The lowest BCUT2D eigenvalue weighted by Crippen LogP contribution is -2.45. The van der Waals surface area contributed by atoms with Crippen molar-refractivity contribution in [1.29, 1.82) is 0 Å². The lowest BCUT2D eigenvalue weighted by molar-refractivity contribution is 0.00502. The number of hydrogen-bond donors (Lipinski definition) is 1. The number of ether oxygens (including phenoxy) is 3. The molecule has 1 aliphatic heterocycles. The minimum atomic E-state index is -2.67. The third kappa shape index (κ3) is 7.63. The van der Waals surface area contributed by atoms with Crippen LogP contribution < -0.4 is 14.8 Å². The van der Waals surface area contributed by atoms with Gasteiger partial charge in [0.15, 0.2) is 0 Å². The minimum Gasteiger partial charge on any atom is -0.487 e. The Kier molecular flexibility index (Phi) is 9.19. The van der Waals surface area contributed by atoms with Crippen molar-refractivity contribution in [1.82, 2.24) is 44.9 Å². The number of halogens is 3. The van der Waals surface area contributed by atoms with Crippen molar-refractivity contribution in [3.05, 3.63) is 48.1 Å². The molecule has 16 heteroatoms. The van der Waals surface area contributed by atoms with E-state index in [2.05, 4.69) is 35.7 Å². The number of nitrogens with zero attached hydrogens (tertiary/aromatic N) is 9. The molecule has 2 atom stereocenters. The zero-order valence-corrected chi connectivity index (χ0v) is 26.8. The predicted octanol–water partition coefficient (Wildman–Crippen LogP) is 5.04. The Hall–Kier alpha value is -3.95. The summed E-state index contributed by atoms with van der Waals surface area (Å²) in [6, 6.07) is 6.20. The molecule has 1 saturated heterocycles. The van der Waals surface area contributed by atoms with E-state index < -0.39 is 11.8 Å². The maximum absolute atomic E-state index is 13.6. The fourth-order valence-electron chi connectivity index (χ4n) is 6.23. The summed E-state index contributed by atoms with van der Waals surface area (Å²) < 4.78 is 48.2. The van der Waals surface area contributed by atoms with Crippen LogP contribution in [0.25, 0.3) is 11.1 Å². The number of alkyl halides is 2. The predicted molar refractivity (Wildman–Crippen MR) is 168 cm³/mol. The summed E-state index contributed by atoms with van der Waals surface area (Å²) >= 11 is 6.42. The van der Waals surface area contributed by atoms with Crippen LogP contribution in [0.5, 0.6) is 11.6 Å². The van der Waals surface area contributed by atoms with Gasteiger partial charge in [-0.05, 0) is 60.7 Å². The van der Waals surface area contributed by atoms with Gasteiger partial charge >= 0.3 is 0 Å². The maximum Gasteiger partial charge on any atom is 0.256 e. The Morgan fingerprint density at radius 1 is 1.09 bits per heavy atom. The minimum absolute atomic E-state index is 0.0996. The second-order valence-electron chi connectivity index (χ2n) is 12.4. The van der Waals surface area contributed by atoms with Crippen molar-refractivity contribution in [2.24, 2.45) is 5.92 Å². The molecule has 47 heavy (non-hydrogen) atoms. The van der Waals surface area contributed by atoms with Crippen molar-refractivity contribution in [2.75, 3.05) is 38.2 Å². The first-order chi connectivity index (χ1) is 22.8. The van der Waals surface area contributed by atoms with E-state index >= 15 is 0 Å². The number of morpholine rings is 1. The van der Waals surface area contributed by atoms with Crippen molar-refractivity contribution < 1.29 is 23.0 Å². The van der Waals surface area contributed by atoms with E-state index in [1.807, 2.05) is 29.9 Å². The Labute approximate surface area is 275 Å². The van der Waals surface area contributed by atoms with Crippen molar-refractivity contribution in [3.63, 3.8) is 0 Å². The summed E-state index contributed by atoms with van der Waals surface area (Å²) in [6.45, 7) is 5.79. The molecule has 13 nitrogen and oxygen atoms in total. The van der Waals surface area contributed by atoms with Crippen LogP contribution in [0, 0.1) is 5.92 Å². The molecule has 250 valence electrons. The molecule has 0 amide bonds. The topological polar surface area (TPSA) is 130 Å². The molecule has 1 N–H and O–H groups in total. The summed E-state index contributed by atoms with van der Waals surface area (Å²) in [6.07, 6.45) is 10.4. The molecule has 4 heterocycles. The van der Waals surface area contributed by atoms with Crippen LogP contribution in [0.1, 0.15) is 45.1 Å². The van der Waals surface area contributed by atoms with Crippen molar-refractivity contribution in [2.45, 2.75) is 69.7 Å². The molecule has 7 rings (SSSR count). The molecule has 2 saturated carbocycles. The number of benzene rings is 1. The average Bonchev–Trinajstić information content (AvgIpc) is 3.40. The summed E-state index contributed by atoms with van der Waals surface area (Å²) in [5.74, 6) is -2.36. The molecule has 0 radical (unpaired) electrons. The fourth-order valence-corrected chi connectivity index (χ4v) is 6.39. The van der Waals surface area contributed by atoms with Crippen molar-refractivity contribution in [3.8, 4) is 22.8 Å². The molecule has 3 fully saturated rings. The van der Waals surface area contributed by atoms with Crippen LogP contribution in [0.4, 0.5) is 20.4 Å². The van der Waals surface area contributed by atoms with Crippen molar-refractivity contribution >= 4 is 23.2 Å². The Balaban J connectivity index is 1.03. The molecule has 3 aliphatic rings. The fraction of sp³-hybridized carbons (Fsp3) is 0.548. The molecule has 0 bridgehead atoms. The van der Waals surface area contributed by atoms with E-state index in [1.165, 1.54) is 6.33 Å². The normalized spacial score (nSPS) is 23.3. The Morgan fingerprint density at radius 3 is 2.53 bits per heavy atom. The highest BCUT2D eigenvalue weighted by atomic mass is 35.5. The van der Waals surface area contributed by atoms with E-state index in [-0.39, 0.29) is 31.1 Å². The summed E-state index contributed by atoms with van der Waals surface area (Å²) in [5.41, 5.74) is 2.11. The highest BCUT2D eigenvalue weighted by molar-refractivity contribution is 6.32. The summed E-state index contributed by atoms with van der Waals surface area (Å²) in [5, 5.41) is 19.5. The van der Waals surface area contributed by atoms with Gasteiger partial charge in [0.05, 0.1) is 49.5 Å². The highest BCUT2D eigenvalue weighted by Gasteiger charge is 2.57. The third-order valence-electron chi connectivity index (χ3n) is 9.00. The van der Waals surface area contributed by atoms with Crippen LogP contribution in [0.3, 0.4) is 0 Å². The number of tetrazole rings is 1. The Bertz CT molecular complexity index is 1630. The third-order valence-corrected chi connectivity index (χ3v) is 9.32. The van der Waals surface area contributed by atoms with Gasteiger partial charge in [-0.2, -0.15) is 0 Å². The molecular formula is C31H37ClF2N10O3. The zero-order valence-electron chi connectivity index (χ0n) is 26.0. The first-order valence-electron chi connectivity index (χ1n) is 16.0. The van der Waals surface area contributed by atoms with E-state index in [0.29, 0.717) is 35.0 Å². The van der Waals surface area contributed by atoms with Crippen LogP contribution in [0.2, 0.25) is 5.02 Å². The van der Waals surface area contributed by atoms with Gasteiger partial charge in [0.1, 0.15) is 23.9 Å². The van der Waals surface area contributed by atoms with Crippen LogP contribution in [-0.2, 0) is 11.3 Å². The van der Waals surface area contributed by atoms with Crippen LogP contribution in [-0.4, -0.2) is 95.8 Å². The summed E-state index contributed by atoms with van der Waals surface area (Å²) in [4.78, 5) is 11.6. The number of nitrogens with one attached hydrogen (secondary N) is 1. The van der Waals surface area contributed by atoms with Crippen LogP contribution >= 0.6 is 11.6 Å². The van der Waals surface area contributed by atoms with E-state index in [9.17, 15) is 8.78 Å².